The number of anilines is 1. The van der Waals surface area contributed by atoms with Crippen LogP contribution >= 0.6 is 0 Å². The number of carbonyl (C=O) groups is 1. The van der Waals surface area contributed by atoms with Gasteiger partial charge in [0.1, 0.15) is 11.4 Å². The monoisotopic (exact) mass is 293 g/mol. The molecule has 0 radical (unpaired) electrons. The van der Waals surface area contributed by atoms with Gasteiger partial charge in [-0.05, 0) is 32.9 Å². The third-order valence-corrected chi connectivity index (χ3v) is 2.28. The van der Waals surface area contributed by atoms with E-state index in [-0.39, 0.29) is 11.4 Å². The van der Waals surface area contributed by atoms with Crippen LogP contribution in [0.2, 0.25) is 0 Å². The van der Waals surface area contributed by atoms with Gasteiger partial charge in [-0.2, -0.15) is 5.10 Å². The lowest BCUT2D eigenvalue weighted by atomic mass is 10.2. The van der Waals surface area contributed by atoms with Gasteiger partial charge in [0.15, 0.2) is 5.82 Å². The van der Waals surface area contributed by atoms with Crippen molar-refractivity contribution in [2.45, 2.75) is 26.4 Å². The Labute approximate surface area is 121 Å². The van der Waals surface area contributed by atoms with Crippen molar-refractivity contribution in [1.29, 1.82) is 0 Å². The highest BCUT2D eigenvalue weighted by atomic mass is 19.1. The van der Waals surface area contributed by atoms with Gasteiger partial charge in [-0.15, -0.1) is 0 Å². The number of halogens is 1. The number of hydrogen-bond acceptors (Lipinski definition) is 4. The Morgan fingerprint density at radius 2 is 2.10 bits per heavy atom. The summed E-state index contributed by atoms with van der Waals surface area (Å²) in [6.07, 6.45) is 0.799. The average Bonchev–Trinajstić information content (AvgIpc) is 2.83. The number of nitrogens with one attached hydrogen (secondary N) is 2. The van der Waals surface area contributed by atoms with E-state index in [1.165, 1.54) is 18.3 Å². The molecule has 0 aliphatic carbocycles. The lowest BCUT2D eigenvalue weighted by Gasteiger charge is -2.19. The quantitative estimate of drug-likeness (QED) is 0.905. The van der Waals surface area contributed by atoms with Crippen LogP contribution in [-0.4, -0.2) is 21.9 Å². The number of hydrogen-bond donors (Lipinski definition) is 2. The van der Waals surface area contributed by atoms with E-state index in [0.29, 0.717) is 5.88 Å². The Kier molecular flexibility index (Phi) is 4.11. The summed E-state index contributed by atoms with van der Waals surface area (Å²) in [5, 5.41) is 8.65. The molecule has 0 aliphatic rings. The van der Waals surface area contributed by atoms with Crippen LogP contribution < -0.4 is 10.1 Å². The van der Waals surface area contributed by atoms with E-state index in [1.807, 2.05) is 0 Å². The second kappa shape index (κ2) is 5.82. The lowest BCUT2D eigenvalue weighted by Crippen LogP contribution is -2.27. The molecule has 1 amide bonds. The van der Waals surface area contributed by atoms with E-state index in [2.05, 4.69) is 15.5 Å². The molecule has 0 saturated heterocycles. The number of ether oxygens (including phenoxy) is 2. The molecular weight excluding hydrogens is 277 g/mol. The normalized spacial score (nSPS) is 11.0. The maximum atomic E-state index is 13.9. The van der Waals surface area contributed by atoms with Crippen molar-refractivity contribution in [1.82, 2.24) is 10.2 Å². The van der Waals surface area contributed by atoms with Crippen LogP contribution in [0.25, 0.3) is 0 Å². The highest BCUT2D eigenvalue weighted by molar-refractivity contribution is 5.85. The maximum Gasteiger partial charge on any atom is 0.412 e. The summed E-state index contributed by atoms with van der Waals surface area (Å²) >= 11 is 0. The Morgan fingerprint density at radius 1 is 1.33 bits per heavy atom. The molecule has 0 fully saturated rings. The summed E-state index contributed by atoms with van der Waals surface area (Å²) in [4.78, 5) is 11.6. The first-order valence-corrected chi connectivity index (χ1v) is 6.30. The molecule has 0 saturated carbocycles. The standard InChI is InChI=1S/C14H16FN3O3/c1-14(2,3)21-13(19)17-11-5-4-9(8-10(11)15)20-12-6-7-16-18-12/h4-8H,1-3H3,(H,16,18)(H,17,19). The first kappa shape index (κ1) is 14.8. The zero-order valence-electron chi connectivity index (χ0n) is 11.9. The first-order valence-electron chi connectivity index (χ1n) is 6.30. The van der Waals surface area contributed by atoms with Gasteiger partial charge in [-0.25, -0.2) is 14.3 Å². The van der Waals surface area contributed by atoms with Crippen molar-refractivity contribution in [3.8, 4) is 11.6 Å². The minimum atomic E-state index is -0.719. The van der Waals surface area contributed by atoms with Crippen LogP contribution in [0.1, 0.15) is 20.8 Å². The van der Waals surface area contributed by atoms with Crippen molar-refractivity contribution in [2.24, 2.45) is 0 Å². The number of aromatic amines is 1. The van der Waals surface area contributed by atoms with Crippen molar-refractivity contribution in [3.63, 3.8) is 0 Å². The van der Waals surface area contributed by atoms with Gasteiger partial charge < -0.3 is 9.47 Å². The molecule has 2 aromatic rings. The van der Waals surface area contributed by atoms with Crippen LogP contribution in [0.4, 0.5) is 14.9 Å². The Balaban J connectivity index is 2.04. The van der Waals surface area contributed by atoms with Gasteiger partial charge in [-0.3, -0.25) is 5.32 Å². The van der Waals surface area contributed by atoms with Crippen molar-refractivity contribution in [2.75, 3.05) is 5.32 Å². The number of amides is 1. The lowest BCUT2D eigenvalue weighted by molar-refractivity contribution is 0.0635. The van der Waals surface area contributed by atoms with Gasteiger partial charge in [-0.1, -0.05) is 0 Å². The molecule has 1 heterocycles. The second-order valence-corrected chi connectivity index (χ2v) is 5.29. The fourth-order valence-corrected chi connectivity index (χ4v) is 1.50. The van der Waals surface area contributed by atoms with Crippen molar-refractivity contribution in [3.05, 3.63) is 36.3 Å². The van der Waals surface area contributed by atoms with E-state index >= 15 is 0 Å². The van der Waals surface area contributed by atoms with E-state index in [9.17, 15) is 9.18 Å². The summed E-state index contributed by atoms with van der Waals surface area (Å²) in [7, 11) is 0. The molecule has 2 rings (SSSR count). The largest absolute Gasteiger partial charge is 0.444 e. The Morgan fingerprint density at radius 3 is 2.67 bits per heavy atom. The SMILES string of the molecule is CC(C)(C)OC(=O)Nc1ccc(Oc2ccn[nH]2)cc1F. The smallest absolute Gasteiger partial charge is 0.412 e. The molecule has 21 heavy (non-hydrogen) atoms. The molecule has 6 nitrogen and oxygen atoms in total. The Bertz CT molecular complexity index is 621. The van der Waals surface area contributed by atoms with Crippen LogP contribution in [0.15, 0.2) is 30.5 Å². The number of rotatable bonds is 3. The van der Waals surface area contributed by atoms with E-state index in [0.717, 1.165) is 6.07 Å². The predicted octanol–water partition coefficient (Wildman–Crippen LogP) is 3.69. The van der Waals surface area contributed by atoms with Crippen LogP contribution in [0.5, 0.6) is 11.6 Å². The van der Waals surface area contributed by atoms with Crippen LogP contribution in [-0.2, 0) is 4.74 Å². The number of carbonyl (C=O) groups excluding carboxylic acids is 1. The topological polar surface area (TPSA) is 76.2 Å². The molecule has 0 atom stereocenters. The number of benzene rings is 1. The fraction of sp³-hybridized carbons (Fsp3) is 0.286. The van der Waals surface area contributed by atoms with Gasteiger partial charge in [0.2, 0.25) is 5.88 Å². The molecule has 0 aliphatic heterocycles. The summed E-state index contributed by atoms with van der Waals surface area (Å²) in [6.45, 7) is 5.18. The van der Waals surface area contributed by atoms with E-state index in [4.69, 9.17) is 9.47 Å². The van der Waals surface area contributed by atoms with Gasteiger partial charge in [0, 0.05) is 12.1 Å². The third-order valence-electron chi connectivity index (χ3n) is 2.28. The van der Waals surface area contributed by atoms with Crippen molar-refractivity contribution < 1.29 is 18.7 Å². The first-order chi connectivity index (χ1) is 9.83. The van der Waals surface area contributed by atoms with Crippen molar-refractivity contribution >= 4 is 11.8 Å². The zero-order chi connectivity index (χ0) is 15.5. The highest BCUT2D eigenvalue weighted by Gasteiger charge is 2.17. The molecular formula is C14H16FN3O3. The zero-order valence-corrected chi connectivity index (χ0v) is 11.9. The summed E-state index contributed by atoms with van der Waals surface area (Å²) in [6, 6.07) is 5.68. The molecule has 0 unspecified atom stereocenters. The molecule has 1 aromatic carbocycles. The Hall–Kier alpha value is -2.57. The molecule has 0 spiro atoms. The fourth-order valence-electron chi connectivity index (χ4n) is 1.50. The second-order valence-electron chi connectivity index (χ2n) is 5.29. The predicted molar refractivity (Wildman–Crippen MR) is 74.9 cm³/mol. The van der Waals surface area contributed by atoms with Gasteiger partial charge in [0.05, 0.1) is 11.9 Å². The molecule has 112 valence electrons. The number of nitrogens with zero attached hydrogens (tertiary/aromatic N) is 1. The van der Waals surface area contributed by atoms with E-state index < -0.39 is 17.5 Å². The van der Waals surface area contributed by atoms with E-state index in [1.54, 1.807) is 26.8 Å². The molecule has 1 aromatic heterocycles. The summed E-state index contributed by atoms with van der Waals surface area (Å²) < 4.78 is 24.3. The summed E-state index contributed by atoms with van der Waals surface area (Å²) in [5.41, 5.74) is -0.634. The average molecular weight is 293 g/mol. The summed E-state index contributed by atoms with van der Waals surface area (Å²) in [5.74, 6) is 0.0478. The van der Waals surface area contributed by atoms with Crippen LogP contribution in [0, 0.1) is 5.82 Å². The van der Waals surface area contributed by atoms with Gasteiger partial charge >= 0.3 is 6.09 Å². The number of H-pyrrole nitrogens is 1. The minimum Gasteiger partial charge on any atom is -0.444 e. The molecule has 7 heteroatoms. The van der Waals surface area contributed by atoms with Gasteiger partial charge in [0.25, 0.3) is 0 Å². The number of aromatic nitrogens is 2. The van der Waals surface area contributed by atoms with Crippen LogP contribution in [0.3, 0.4) is 0 Å². The third kappa shape index (κ3) is 4.48. The molecule has 2 N–H and O–H groups in total. The minimum absolute atomic E-state index is 0.0150. The molecule has 0 bridgehead atoms. The maximum absolute atomic E-state index is 13.9. The highest BCUT2D eigenvalue weighted by Crippen LogP contribution is 2.24.